The lowest BCUT2D eigenvalue weighted by Gasteiger charge is -2.06. The first kappa shape index (κ1) is 28.2. The van der Waals surface area contributed by atoms with Gasteiger partial charge in [-0.2, -0.15) is 9.78 Å². The van der Waals surface area contributed by atoms with Crippen LogP contribution in [-0.4, -0.2) is 20.7 Å². The van der Waals surface area contributed by atoms with E-state index in [1.54, 1.807) is 60.7 Å². The number of nitrogens with one attached hydrogen (secondary N) is 1. The van der Waals surface area contributed by atoms with Gasteiger partial charge in [0.05, 0.1) is 16.3 Å². The van der Waals surface area contributed by atoms with Gasteiger partial charge in [0.15, 0.2) is 5.82 Å². The summed E-state index contributed by atoms with van der Waals surface area (Å²) in [7, 11) is 0. The van der Waals surface area contributed by atoms with Crippen LogP contribution in [0.4, 0.5) is 10.1 Å². The molecule has 2 aromatic heterocycles. The number of anilines is 1. The van der Waals surface area contributed by atoms with Gasteiger partial charge in [0.25, 0.3) is 0 Å². The molecule has 3 aromatic carbocycles. The van der Waals surface area contributed by atoms with Crippen molar-refractivity contribution in [3.8, 4) is 17.1 Å². The highest BCUT2D eigenvalue weighted by Gasteiger charge is 2.13. The number of halogens is 5. The molecule has 0 spiro atoms. The molecule has 2 heterocycles. The van der Waals surface area contributed by atoms with Crippen molar-refractivity contribution in [3.63, 3.8) is 0 Å². The van der Waals surface area contributed by atoms with Crippen LogP contribution in [0.3, 0.4) is 0 Å². The molecule has 0 aliphatic heterocycles. The van der Waals surface area contributed by atoms with Crippen molar-refractivity contribution in [2.75, 3.05) is 5.32 Å². The van der Waals surface area contributed by atoms with Gasteiger partial charge in [-0.15, -0.1) is 5.10 Å². The summed E-state index contributed by atoms with van der Waals surface area (Å²) in [4.78, 5) is 0. The summed E-state index contributed by atoms with van der Waals surface area (Å²) in [6.45, 7) is 0.221. The van der Waals surface area contributed by atoms with E-state index in [0.29, 0.717) is 49.4 Å². The van der Waals surface area contributed by atoms with Crippen LogP contribution < -0.4 is 10.1 Å². The van der Waals surface area contributed by atoms with Gasteiger partial charge in [-0.05, 0) is 85.0 Å². The monoisotopic (exact) mass is 635 g/mol. The lowest BCUT2D eigenvalue weighted by Crippen LogP contribution is -2.10. The number of ether oxygens (including phenoxy) is 1. The van der Waals surface area contributed by atoms with Crippen LogP contribution >= 0.6 is 58.6 Å². The van der Waals surface area contributed by atoms with Gasteiger partial charge in [-0.1, -0.05) is 46.4 Å². The molecule has 5 aromatic rings. The Kier molecular flexibility index (Phi) is 8.78. The first-order valence-corrected chi connectivity index (χ1v) is 13.5. The maximum Gasteiger partial charge on any atom is 0.220 e. The maximum absolute atomic E-state index is 13.5. The Balaban J connectivity index is 1.40. The second kappa shape index (κ2) is 12.4. The molecule has 40 heavy (non-hydrogen) atoms. The molecule has 0 saturated heterocycles. The molecule has 0 bridgehead atoms. The Morgan fingerprint density at radius 1 is 0.950 bits per heavy atom. The summed E-state index contributed by atoms with van der Waals surface area (Å²) in [5, 5.41) is 13.8. The molecule has 0 aliphatic rings. The van der Waals surface area contributed by atoms with Gasteiger partial charge in [-0.3, -0.25) is 0 Å². The third-order valence-corrected chi connectivity index (χ3v) is 7.01. The SMILES string of the molecule is Fc1ccc(NCn2nc(COc3ccc(Cl)cc3)n(/N=C/c3ccc(-c4ccc(Cl)cc4Cl)o3)c2=S)cc1Cl. The third-order valence-electron chi connectivity index (χ3n) is 5.54. The number of furan rings is 1. The fourth-order valence-electron chi connectivity index (χ4n) is 3.58. The zero-order valence-corrected chi connectivity index (χ0v) is 24.2. The predicted molar refractivity (Wildman–Crippen MR) is 159 cm³/mol. The highest BCUT2D eigenvalue weighted by atomic mass is 35.5. The van der Waals surface area contributed by atoms with E-state index >= 15 is 0 Å². The van der Waals surface area contributed by atoms with Crippen molar-refractivity contribution >= 4 is 70.5 Å². The summed E-state index contributed by atoms with van der Waals surface area (Å²) in [5.74, 6) is 1.51. The average molecular weight is 637 g/mol. The molecule has 204 valence electrons. The van der Waals surface area contributed by atoms with Gasteiger partial charge < -0.3 is 14.5 Å². The van der Waals surface area contributed by atoms with Gasteiger partial charge in [-0.25, -0.2) is 9.07 Å². The molecule has 0 saturated carbocycles. The van der Waals surface area contributed by atoms with Crippen LogP contribution in [-0.2, 0) is 13.3 Å². The van der Waals surface area contributed by atoms with E-state index in [1.165, 1.54) is 27.7 Å². The van der Waals surface area contributed by atoms with Gasteiger partial charge in [0.2, 0.25) is 4.77 Å². The van der Waals surface area contributed by atoms with Crippen molar-refractivity contribution in [1.29, 1.82) is 0 Å². The summed E-state index contributed by atoms with van der Waals surface area (Å²) in [5.41, 5.74) is 1.29. The number of aromatic nitrogens is 3. The van der Waals surface area contributed by atoms with Crippen LogP contribution in [0.2, 0.25) is 20.1 Å². The molecule has 0 radical (unpaired) electrons. The molecule has 0 aliphatic carbocycles. The standard InChI is InChI=1S/C27H18Cl4FN5O2S/c28-16-1-5-19(6-2-16)38-14-26-35-36(15-33-18-4-9-24(32)23(31)12-18)27(40)37(26)34-13-20-7-10-25(39-20)21-8-3-17(29)11-22(21)30/h1-13,33H,14-15H2/b34-13+. The van der Waals surface area contributed by atoms with E-state index in [9.17, 15) is 4.39 Å². The highest BCUT2D eigenvalue weighted by molar-refractivity contribution is 7.71. The van der Waals surface area contributed by atoms with Crippen LogP contribution in [0.25, 0.3) is 11.3 Å². The number of hydrogen-bond acceptors (Lipinski definition) is 6. The number of benzene rings is 3. The zero-order chi connectivity index (χ0) is 28.2. The van der Waals surface area contributed by atoms with E-state index in [2.05, 4.69) is 15.5 Å². The molecule has 0 fully saturated rings. The van der Waals surface area contributed by atoms with Crippen molar-refractivity contribution in [2.24, 2.45) is 5.10 Å². The molecular formula is C27H18Cl4FN5O2S. The smallest absolute Gasteiger partial charge is 0.220 e. The largest absolute Gasteiger partial charge is 0.486 e. The number of nitrogens with zero attached hydrogens (tertiary/aromatic N) is 4. The quantitative estimate of drug-likeness (QED) is 0.129. The van der Waals surface area contributed by atoms with Crippen LogP contribution in [0.5, 0.6) is 5.75 Å². The molecule has 0 unspecified atom stereocenters. The molecule has 13 heteroatoms. The van der Waals surface area contributed by atoms with Crippen LogP contribution in [0, 0.1) is 10.6 Å². The topological polar surface area (TPSA) is 69.5 Å². The predicted octanol–water partition coefficient (Wildman–Crippen LogP) is 8.96. The zero-order valence-electron chi connectivity index (χ0n) is 20.3. The molecule has 7 nitrogen and oxygen atoms in total. The Morgan fingerprint density at radius 3 is 2.48 bits per heavy atom. The lowest BCUT2D eigenvalue weighted by molar-refractivity contribution is 0.290. The van der Waals surface area contributed by atoms with E-state index in [-0.39, 0.29) is 23.1 Å². The van der Waals surface area contributed by atoms with E-state index in [1.807, 2.05) is 0 Å². The Bertz CT molecular complexity index is 1750. The molecule has 1 N–H and O–H groups in total. The molecule has 5 rings (SSSR count). The number of hydrogen-bond donors (Lipinski definition) is 1. The van der Waals surface area contributed by atoms with E-state index < -0.39 is 5.82 Å². The van der Waals surface area contributed by atoms with Crippen molar-refractivity contribution in [2.45, 2.75) is 13.3 Å². The summed E-state index contributed by atoms with van der Waals surface area (Å²) in [6.07, 6.45) is 1.51. The molecule has 0 atom stereocenters. The first-order valence-electron chi connectivity index (χ1n) is 11.6. The average Bonchev–Trinajstić information content (AvgIpc) is 3.52. The van der Waals surface area contributed by atoms with Crippen molar-refractivity contribution in [3.05, 3.63) is 115 Å². The molecule has 0 amide bonds. The summed E-state index contributed by atoms with van der Waals surface area (Å²) < 4.78 is 28.6. The Hall–Kier alpha value is -3.34. The summed E-state index contributed by atoms with van der Waals surface area (Å²) in [6, 6.07) is 19.9. The van der Waals surface area contributed by atoms with E-state index in [0.717, 1.165) is 0 Å². The normalized spacial score (nSPS) is 11.3. The highest BCUT2D eigenvalue weighted by Crippen LogP contribution is 2.31. The first-order chi connectivity index (χ1) is 19.3. The maximum atomic E-state index is 13.5. The second-order valence-corrected chi connectivity index (χ2v) is 10.3. The van der Waals surface area contributed by atoms with Crippen LogP contribution in [0.15, 0.2) is 82.3 Å². The minimum atomic E-state index is -0.511. The van der Waals surface area contributed by atoms with Gasteiger partial charge in [0, 0.05) is 21.3 Å². The van der Waals surface area contributed by atoms with Crippen molar-refractivity contribution in [1.82, 2.24) is 14.5 Å². The van der Waals surface area contributed by atoms with E-state index in [4.69, 9.17) is 67.8 Å². The third kappa shape index (κ3) is 6.68. The minimum absolute atomic E-state index is 0.00140. The Morgan fingerprint density at radius 2 is 1.73 bits per heavy atom. The van der Waals surface area contributed by atoms with Gasteiger partial charge >= 0.3 is 0 Å². The molecular weight excluding hydrogens is 619 g/mol. The van der Waals surface area contributed by atoms with Crippen molar-refractivity contribution < 1.29 is 13.5 Å². The minimum Gasteiger partial charge on any atom is -0.486 e. The van der Waals surface area contributed by atoms with Gasteiger partial charge in [0.1, 0.15) is 36.4 Å². The summed E-state index contributed by atoms with van der Waals surface area (Å²) >= 11 is 29.8. The lowest BCUT2D eigenvalue weighted by atomic mass is 10.2. The Labute approximate surface area is 253 Å². The number of rotatable bonds is 9. The van der Waals surface area contributed by atoms with Crippen LogP contribution in [0.1, 0.15) is 11.6 Å². The fraction of sp³-hybridized carbons (Fsp3) is 0.0741. The second-order valence-electron chi connectivity index (χ2n) is 8.29. The fourth-order valence-corrected chi connectivity index (χ4v) is 4.64.